The smallest absolute Gasteiger partial charge is 0.328 e. The molecule has 0 aromatic rings. The number of carbonyl (C=O) groups is 1. The number of nitrogens with one attached hydrogen (secondary N) is 1. The SMILES string of the molecule is CC1CCCC(O)(CNC/C=C/C(=O)O)C1. The molecule has 0 heterocycles. The largest absolute Gasteiger partial charge is 0.478 e. The molecule has 1 fully saturated rings. The first-order valence-corrected chi connectivity index (χ1v) is 5.84. The summed E-state index contributed by atoms with van der Waals surface area (Å²) in [6, 6.07) is 0. The molecule has 1 saturated carbocycles. The van der Waals surface area contributed by atoms with E-state index in [1.807, 2.05) is 0 Å². The minimum atomic E-state index is -0.938. The van der Waals surface area contributed by atoms with Crippen molar-refractivity contribution in [1.29, 1.82) is 0 Å². The lowest BCUT2D eigenvalue weighted by Crippen LogP contribution is -2.44. The number of carboxylic acid groups (broad SMARTS) is 1. The van der Waals surface area contributed by atoms with E-state index >= 15 is 0 Å². The van der Waals surface area contributed by atoms with E-state index < -0.39 is 11.6 Å². The third-order valence-electron chi connectivity index (χ3n) is 3.04. The molecular formula is C12H21NO3. The van der Waals surface area contributed by atoms with E-state index in [2.05, 4.69) is 12.2 Å². The number of aliphatic hydroxyl groups is 1. The van der Waals surface area contributed by atoms with Gasteiger partial charge in [0.25, 0.3) is 0 Å². The van der Waals surface area contributed by atoms with Gasteiger partial charge in [-0.25, -0.2) is 4.79 Å². The molecule has 0 spiro atoms. The molecule has 0 amide bonds. The van der Waals surface area contributed by atoms with Crippen molar-refractivity contribution in [3.63, 3.8) is 0 Å². The van der Waals surface area contributed by atoms with E-state index in [4.69, 9.17) is 5.11 Å². The van der Waals surface area contributed by atoms with Gasteiger partial charge in [-0.15, -0.1) is 0 Å². The summed E-state index contributed by atoms with van der Waals surface area (Å²) < 4.78 is 0. The van der Waals surface area contributed by atoms with E-state index in [9.17, 15) is 9.90 Å². The highest BCUT2D eigenvalue weighted by Gasteiger charge is 2.31. The van der Waals surface area contributed by atoms with Crippen LogP contribution in [0.5, 0.6) is 0 Å². The summed E-state index contributed by atoms with van der Waals surface area (Å²) in [5.41, 5.74) is -0.602. The second-order valence-corrected chi connectivity index (χ2v) is 4.80. The molecule has 0 aromatic carbocycles. The molecule has 0 aromatic heterocycles. The Morgan fingerprint density at radius 2 is 2.38 bits per heavy atom. The van der Waals surface area contributed by atoms with Crippen LogP contribution in [0.4, 0.5) is 0 Å². The van der Waals surface area contributed by atoms with Gasteiger partial charge in [0.2, 0.25) is 0 Å². The third kappa shape index (κ3) is 4.77. The van der Waals surface area contributed by atoms with Gasteiger partial charge < -0.3 is 15.5 Å². The van der Waals surface area contributed by atoms with Crippen LogP contribution in [0.25, 0.3) is 0 Å². The number of hydrogen-bond acceptors (Lipinski definition) is 3. The Hall–Kier alpha value is -0.870. The second kappa shape index (κ2) is 6.01. The molecule has 0 bridgehead atoms. The standard InChI is InChI=1S/C12H21NO3/c1-10-4-2-6-12(16,8-10)9-13-7-3-5-11(14)15/h3,5,10,13,16H,2,4,6-9H2,1H3,(H,14,15)/b5-3+. The van der Waals surface area contributed by atoms with Gasteiger partial charge in [-0.2, -0.15) is 0 Å². The predicted octanol–water partition coefficient (Wildman–Crippen LogP) is 1.16. The maximum Gasteiger partial charge on any atom is 0.328 e. The van der Waals surface area contributed by atoms with Crippen LogP contribution in [0, 0.1) is 5.92 Å². The number of aliphatic carboxylic acids is 1. The van der Waals surface area contributed by atoms with Crippen LogP contribution >= 0.6 is 0 Å². The first-order valence-electron chi connectivity index (χ1n) is 5.84. The molecule has 4 heteroatoms. The molecule has 92 valence electrons. The molecule has 1 aliphatic carbocycles. The molecule has 2 atom stereocenters. The normalized spacial score (nSPS) is 30.8. The van der Waals surface area contributed by atoms with E-state index in [1.54, 1.807) is 6.08 Å². The fraction of sp³-hybridized carbons (Fsp3) is 0.750. The summed E-state index contributed by atoms with van der Waals surface area (Å²) in [6.45, 7) is 3.19. The summed E-state index contributed by atoms with van der Waals surface area (Å²) in [4.78, 5) is 10.2. The Bertz CT molecular complexity index is 265. The van der Waals surface area contributed by atoms with Crippen LogP contribution < -0.4 is 5.32 Å². The van der Waals surface area contributed by atoms with Crippen LogP contribution in [0.15, 0.2) is 12.2 Å². The molecule has 16 heavy (non-hydrogen) atoms. The highest BCUT2D eigenvalue weighted by atomic mass is 16.4. The fourth-order valence-corrected chi connectivity index (χ4v) is 2.34. The van der Waals surface area contributed by atoms with Gasteiger partial charge in [0.05, 0.1) is 5.60 Å². The van der Waals surface area contributed by atoms with Crippen molar-refractivity contribution in [2.75, 3.05) is 13.1 Å². The van der Waals surface area contributed by atoms with E-state index in [1.165, 1.54) is 6.42 Å². The quantitative estimate of drug-likeness (QED) is 0.487. The van der Waals surface area contributed by atoms with Crippen LogP contribution in [0.3, 0.4) is 0 Å². The predicted molar refractivity (Wildman–Crippen MR) is 62.2 cm³/mol. The number of hydrogen-bond donors (Lipinski definition) is 3. The summed E-state index contributed by atoms with van der Waals surface area (Å²) in [7, 11) is 0. The summed E-state index contributed by atoms with van der Waals surface area (Å²) in [5.74, 6) is -0.359. The summed E-state index contributed by atoms with van der Waals surface area (Å²) in [5, 5.41) is 21.7. The summed E-state index contributed by atoms with van der Waals surface area (Å²) in [6.07, 6.45) is 6.61. The first kappa shape index (κ1) is 13.2. The Morgan fingerprint density at radius 3 is 3.00 bits per heavy atom. The van der Waals surface area contributed by atoms with Crippen molar-refractivity contribution in [3.05, 3.63) is 12.2 Å². The molecule has 0 radical (unpaired) electrons. The summed E-state index contributed by atoms with van der Waals surface area (Å²) >= 11 is 0. The Morgan fingerprint density at radius 1 is 1.62 bits per heavy atom. The minimum Gasteiger partial charge on any atom is -0.478 e. The Kier molecular flexibility index (Phi) is 4.96. The maximum absolute atomic E-state index is 10.2. The molecule has 0 saturated heterocycles. The fourth-order valence-electron chi connectivity index (χ4n) is 2.34. The highest BCUT2D eigenvalue weighted by molar-refractivity contribution is 5.79. The monoisotopic (exact) mass is 227 g/mol. The lowest BCUT2D eigenvalue weighted by atomic mass is 9.79. The van der Waals surface area contributed by atoms with E-state index in [0.29, 0.717) is 19.0 Å². The zero-order chi connectivity index (χ0) is 12.0. The molecule has 1 rings (SSSR count). The molecule has 3 N–H and O–H groups in total. The number of carboxylic acids is 1. The maximum atomic E-state index is 10.2. The molecule has 0 aliphatic heterocycles. The zero-order valence-electron chi connectivity index (χ0n) is 9.78. The highest BCUT2D eigenvalue weighted by Crippen LogP contribution is 2.31. The van der Waals surface area contributed by atoms with Crippen LogP contribution in [0.1, 0.15) is 32.6 Å². The average Bonchev–Trinajstić information content (AvgIpc) is 2.16. The second-order valence-electron chi connectivity index (χ2n) is 4.80. The van der Waals surface area contributed by atoms with Crippen molar-refractivity contribution in [2.24, 2.45) is 5.92 Å². The molecule has 4 nitrogen and oxygen atoms in total. The minimum absolute atomic E-state index is 0.489. The van der Waals surface area contributed by atoms with Crippen molar-refractivity contribution < 1.29 is 15.0 Å². The average molecular weight is 227 g/mol. The van der Waals surface area contributed by atoms with Crippen LogP contribution in [-0.2, 0) is 4.79 Å². The van der Waals surface area contributed by atoms with E-state index in [0.717, 1.165) is 25.3 Å². The van der Waals surface area contributed by atoms with Crippen molar-refractivity contribution in [3.8, 4) is 0 Å². The van der Waals surface area contributed by atoms with E-state index in [-0.39, 0.29) is 0 Å². The lowest BCUT2D eigenvalue weighted by molar-refractivity contribution is -0.131. The van der Waals surface area contributed by atoms with Crippen molar-refractivity contribution in [1.82, 2.24) is 5.32 Å². The van der Waals surface area contributed by atoms with Gasteiger partial charge in [-0.05, 0) is 18.8 Å². The Labute approximate surface area is 96.4 Å². The van der Waals surface area contributed by atoms with Gasteiger partial charge in [0.1, 0.15) is 0 Å². The Balaban J connectivity index is 2.23. The van der Waals surface area contributed by atoms with Crippen LogP contribution in [-0.4, -0.2) is 34.9 Å². The van der Waals surface area contributed by atoms with Crippen molar-refractivity contribution >= 4 is 5.97 Å². The van der Waals surface area contributed by atoms with Gasteiger partial charge >= 0.3 is 5.97 Å². The molecular weight excluding hydrogens is 206 g/mol. The molecule has 2 unspecified atom stereocenters. The number of rotatable bonds is 5. The lowest BCUT2D eigenvalue weighted by Gasteiger charge is -2.35. The third-order valence-corrected chi connectivity index (χ3v) is 3.04. The molecule has 1 aliphatic rings. The topological polar surface area (TPSA) is 69.6 Å². The van der Waals surface area contributed by atoms with Crippen molar-refractivity contribution in [2.45, 2.75) is 38.2 Å². The van der Waals surface area contributed by atoms with Gasteiger partial charge in [0, 0.05) is 19.2 Å². The van der Waals surface area contributed by atoms with Gasteiger partial charge in [0.15, 0.2) is 0 Å². The first-order chi connectivity index (χ1) is 7.52. The van der Waals surface area contributed by atoms with Crippen LogP contribution in [0.2, 0.25) is 0 Å². The zero-order valence-corrected chi connectivity index (χ0v) is 9.78. The van der Waals surface area contributed by atoms with Gasteiger partial charge in [-0.1, -0.05) is 25.8 Å². The van der Waals surface area contributed by atoms with Gasteiger partial charge in [-0.3, -0.25) is 0 Å².